The summed E-state index contributed by atoms with van der Waals surface area (Å²) in [7, 11) is 0. The van der Waals surface area contributed by atoms with E-state index in [0.717, 1.165) is 11.3 Å². The molecule has 0 unspecified atom stereocenters. The van der Waals surface area contributed by atoms with Crippen molar-refractivity contribution in [1.29, 1.82) is 0 Å². The Morgan fingerprint density at radius 3 is 2.55 bits per heavy atom. The molecule has 0 spiro atoms. The summed E-state index contributed by atoms with van der Waals surface area (Å²) >= 11 is 0. The first-order valence-electron chi connectivity index (χ1n) is 6.50. The summed E-state index contributed by atoms with van der Waals surface area (Å²) < 4.78 is 1.65. The summed E-state index contributed by atoms with van der Waals surface area (Å²) in [6.07, 6.45) is 1.77. The normalized spacial score (nSPS) is 10.4. The highest BCUT2D eigenvalue weighted by Gasteiger charge is 2.08. The second kappa shape index (κ2) is 5.61. The highest BCUT2D eigenvalue weighted by atomic mass is 16.4. The van der Waals surface area contributed by atoms with Gasteiger partial charge in [0, 0.05) is 11.8 Å². The van der Waals surface area contributed by atoms with Crippen LogP contribution in [0.15, 0.2) is 66.0 Å². The molecule has 0 aliphatic carbocycles. The van der Waals surface area contributed by atoms with Gasteiger partial charge >= 0.3 is 5.97 Å². The van der Waals surface area contributed by atoms with E-state index in [1.54, 1.807) is 59.4 Å². The summed E-state index contributed by atoms with van der Waals surface area (Å²) in [6.45, 7) is 0. The number of aromatic nitrogens is 2. The number of nitroso groups, excluding NO2 is 1. The standard InChI is InChI=1S/C16H11N3O3/c20-16(21)12-3-1-2-11(10-12)15-8-9-19(17-15)14-6-4-13(18-22)5-7-14/h1-10H,(H,20,21). The Bertz CT molecular complexity index is 838. The van der Waals surface area contributed by atoms with Crippen LogP contribution in [0.4, 0.5) is 5.69 Å². The van der Waals surface area contributed by atoms with E-state index in [1.165, 1.54) is 6.07 Å². The second-order valence-electron chi connectivity index (χ2n) is 4.64. The van der Waals surface area contributed by atoms with Gasteiger partial charge in [-0.1, -0.05) is 12.1 Å². The molecule has 2 aromatic carbocycles. The van der Waals surface area contributed by atoms with Gasteiger partial charge in [-0.05, 0) is 47.6 Å². The van der Waals surface area contributed by atoms with Gasteiger partial charge in [-0.3, -0.25) is 0 Å². The van der Waals surface area contributed by atoms with Crippen LogP contribution in [0.25, 0.3) is 16.9 Å². The smallest absolute Gasteiger partial charge is 0.335 e. The summed E-state index contributed by atoms with van der Waals surface area (Å²) in [4.78, 5) is 21.4. The lowest BCUT2D eigenvalue weighted by molar-refractivity contribution is 0.0697. The maximum absolute atomic E-state index is 11.0. The minimum absolute atomic E-state index is 0.216. The van der Waals surface area contributed by atoms with E-state index in [-0.39, 0.29) is 5.56 Å². The van der Waals surface area contributed by atoms with Crippen molar-refractivity contribution in [2.75, 3.05) is 0 Å². The number of aromatic carboxylic acids is 1. The number of rotatable bonds is 4. The van der Waals surface area contributed by atoms with E-state index in [1.807, 2.05) is 0 Å². The van der Waals surface area contributed by atoms with Gasteiger partial charge in [0.05, 0.1) is 16.9 Å². The lowest BCUT2D eigenvalue weighted by Crippen LogP contribution is -1.97. The van der Waals surface area contributed by atoms with Gasteiger partial charge in [0.15, 0.2) is 0 Å². The topological polar surface area (TPSA) is 84.5 Å². The molecule has 1 aromatic heterocycles. The lowest BCUT2D eigenvalue weighted by Gasteiger charge is -2.02. The molecule has 0 aliphatic heterocycles. The molecule has 0 amide bonds. The van der Waals surface area contributed by atoms with E-state index < -0.39 is 5.97 Å². The maximum atomic E-state index is 11.0. The van der Waals surface area contributed by atoms with Gasteiger partial charge in [-0.25, -0.2) is 9.48 Å². The van der Waals surface area contributed by atoms with Crippen molar-refractivity contribution in [3.8, 4) is 16.9 Å². The zero-order chi connectivity index (χ0) is 15.5. The van der Waals surface area contributed by atoms with E-state index in [2.05, 4.69) is 10.3 Å². The molecule has 1 N–H and O–H groups in total. The molecular formula is C16H11N3O3. The first-order valence-corrected chi connectivity index (χ1v) is 6.50. The Morgan fingerprint density at radius 2 is 1.86 bits per heavy atom. The largest absolute Gasteiger partial charge is 0.478 e. The minimum atomic E-state index is -0.974. The summed E-state index contributed by atoms with van der Waals surface area (Å²) in [5.74, 6) is -0.974. The molecule has 0 radical (unpaired) electrons. The fourth-order valence-electron chi connectivity index (χ4n) is 2.10. The van der Waals surface area contributed by atoms with Gasteiger partial charge in [0.1, 0.15) is 5.69 Å². The van der Waals surface area contributed by atoms with E-state index >= 15 is 0 Å². The molecule has 0 saturated heterocycles. The highest BCUT2D eigenvalue weighted by Crippen LogP contribution is 2.21. The van der Waals surface area contributed by atoms with Crippen LogP contribution in [0, 0.1) is 4.91 Å². The van der Waals surface area contributed by atoms with Crippen molar-refractivity contribution in [2.24, 2.45) is 5.18 Å². The molecule has 1 heterocycles. The number of hydrogen-bond donors (Lipinski definition) is 1. The Morgan fingerprint density at radius 1 is 1.09 bits per heavy atom. The van der Waals surface area contributed by atoms with Crippen molar-refractivity contribution in [1.82, 2.24) is 9.78 Å². The third-order valence-electron chi connectivity index (χ3n) is 3.21. The van der Waals surface area contributed by atoms with E-state index in [9.17, 15) is 9.70 Å². The number of nitrogens with zero attached hydrogens (tertiary/aromatic N) is 3. The molecule has 108 valence electrons. The molecule has 3 aromatic rings. The van der Waals surface area contributed by atoms with Crippen LogP contribution in [0.1, 0.15) is 10.4 Å². The number of carboxylic acids is 1. The minimum Gasteiger partial charge on any atom is -0.478 e. The fourth-order valence-corrected chi connectivity index (χ4v) is 2.10. The number of carboxylic acid groups (broad SMARTS) is 1. The van der Waals surface area contributed by atoms with Crippen LogP contribution in [-0.4, -0.2) is 20.9 Å². The average Bonchev–Trinajstić information content (AvgIpc) is 3.05. The lowest BCUT2D eigenvalue weighted by atomic mass is 10.1. The van der Waals surface area contributed by atoms with Crippen LogP contribution in [0.2, 0.25) is 0 Å². The van der Waals surface area contributed by atoms with E-state index in [0.29, 0.717) is 11.4 Å². The SMILES string of the molecule is O=Nc1ccc(-n2ccc(-c3cccc(C(=O)O)c3)n2)cc1. The Labute approximate surface area is 125 Å². The van der Waals surface area contributed by atoms with Crippen molar-refractivity contribution >= 4 is 11.7 Å². The summed E-state index contributed by atoms with van der Waals surface area (Å²) in [5, 5.41) is 16.3. The zero-order valence-corrected chi connectivity index (χ0v) is 11.4. The van der Waals surface area contributed by atoms with E-state index in [4.69, 9.17) is 5.11 Å². The Hall–Kier alpha value is -3.28. The average molecular weight is 293 g/mol. The first kappa shape index (κ1) is 13.7. The highest BCUT2D eigenvalue weighted by molar-refractivity contribution is 5.89. The third kappa shape index (κ3) is 2.62. The van der Waals surface area contributed by atoms with Gasteiger partial charge < -0.3 is 5.11 Å². The molecule has 0 fully saturated rings. The van der Waals surface area contributed by atoms with Crippen molar-refractivity contribution in [3.05, 3.63) is 71.3 Å². The maximum Gasteiger partial charge on any atom is 0.335 e. The fraction of sp³-hybridized carbons (Fsp3) is 0. The number of carbonyl (C=O) groups is 1. The van der Waals surface area contributed by atoms with Crippen LogP contribution >= 0.6 is 0 Å². The Kier molecular flexibility index (Phi) is 3.49. The second-order valence-corrected chi connectivity index (χ2v) is 4.64. The molecule has 0 saturated carbocycles. The van der Waals surface area contributed by atoms with Crippen LogP contribution in [-0.2, 0) is 0 Å². The molecule has 0 bridgehead atoms. The predicted molar refractivity (Wildman–Crippen MR) is 81.4 cm³/mol. The molecule has 0 aliphatic rings. The molecular weight excluding hydrogens is 282 g/mol. The third-order valence-corrected chi connectivity index (χ3v) is 3.21. The van der Waals surface area contributed by atoms with Crippen LogP contribution in [0.3, 0.4) is 0 Å². The van der Waals surface area contributed by atoms with Gasteiger partial charge in [0.2, 0.25) is 0 Å². The number of benzene rings is 2. The zero-order valence-electron chi connectivity index (χ0n) is 11.4. The van der Waals surface area contributed by atoms with Crippen LogP contribution in [0.5, 0.6) is 0 Å². The monoisotopic (exact) mass is 293 g/mol. The molecule has 6 heteroatoms. The predicted octanol–water partition coefficient (Wildman–Crippen LogP) is 3.64. The van der Waals surface area contributed by atoms with Gasteiger partial charge in [-0.15, -0.1) is 4.91 Å². The molecule has 6 nitrogen and oxygen atoms in total. The number of hydrogen-bond acceptors (Lipinski definition) is 4. The first-order chi connectivity index (χ1) is 10.7. The summed E-state index contributed by atoms with van der Waals surface area (Å²) in [5.41, 5.74) is 2.75. The van der Waals surface area contributed by atoms with Crippen molar-refractivity contribution < 1.29 is 9.90 Å². The Balaban J connectivity index is 1.94. The van der Waals surface area contributed by atoms with Gasteiger partial charge in [0.25, 0.3) is 0 Å². The van der Waals surface area contributed by atoms with Gasteiger partial charge in [-0.2, -0.15) is 5.10 Å². The summed E-state index contributed by atoms with van der Waals surface area (Å²) in [6, 6.07) is 15.1. The molecule has 22 heavy (non-hydrogen) atoms. The van der Waals surface area contributed by atoms with Crippen LogP contribution < -0.4 is 0 Å². The molecule has 0 atom stereocenters. The molecule has 3 rings (SSSR count). The van der Waals surface area contributed by atoms with Crippen molar-refractivity contribution in [2.45, 2.75) is 0 Å². The quantitative estimate of drug-likeness (QED) is 0.744. The van der Waals surface area contributed by atoms with Crippen molar-refractivity contribution in [3.63, 3.8) is 0 Å².